The lowest BCUT2D eigenvalue weighted by Crippen LogP contribution is -2.59. The Morgan fingerprint density at radius 3 is 2.26 bits per heavy atom. The Morgan fingerprint density at radius 1 is 0.886 bits per heavy atom. The van der Waals surface area contributed by atoms with Crippen molar-refractivity contribution in [2.24, 2.45) is 0 Å². The maximum Gasteiger partial charge on any atom is 0.306 e. The van der Waals surface area contributed by atoms with Gasteiger partial charge in [-0.05, 0) is 25.7 Å². The number of hydrogen-bond donors (Lipinski definition) is 4. The number of unbranched alkanes of at least 4 members (excludes halogenated alkanes) is 6. The van der Waals surface area contributed by atoms with Crippen LogP contribution in [0.2, 0.25) is 0 Å². The average molecular weight is 505 g/mol. The second-order valence-corrected chi connectivity index (χ2v) is 8.75. The van der Waals surface area contributed by atoms with Gasteiger partial charge in [0, 0.05) is 12.8 Å². The molecular weight excluding hydrogens is 460 g/mol. The predicted octanol–water partition coefficient (Wildman–Crippen LogP) is 1.75. The zero-order chi connectivity index (χ0) is 26.1. The quantitative estimate of drug-likeness (QED) is 0.123. The van der Waals surface area contributed by atoms with E-state index in [-0.39, 0.29) is 26.1 Å². The lowest BCUT2D eigenvalue weighted by Gasteiger charge is -2.39. The number of ether oxygens (including phenoxy) is 4. The second-order valence-electron chi connectivity index (χ2n) is 8.75. The van der Waals surface area contributed by atoms with E-state index in [4.69, 9.17) is 18.9 Å². The standard InChI is InChI=1S/C25H44O10/c1-3-5-6-7-8-9-10-11-12-13-14-21(28)34-18(16-32-20(27)4-2)17-33-25-24(31)23(30)22(29)19(15-26)35-25/h6-7,18-19,22-26,29-31H,3-5,8-17H2,1-2H3/b7-6-. The Hall–Kier alpha value is -1.56. The third kappa shape index (κ3) is 12.8. The van der Waals surface area contributed by atoms with Gasteiger partial charge in [-0.15, -0.1) is 0 Å². The molecule has 0 aromatic heterocycles. The van der Waals surface area contributed by atoms with E-state index in [1.807, 2.05) is 0 Å². The molecule has 204 valence electrons. The predicted molar refractivity (Wildman–Crippen MR) is 127 cm³/mol. The fourth-order valence-corrected chi connectivity index (χ4v) is 3.52. The molecule has 4 N–H and O–H groups in total. The van der Waals surface area contributed by atoms with E-state index in [9.17, 15) is 30.0 Å². The van der Waals surface area contributed by atoms with Crippen molar-refractivity contribution in [1.82, 2.24) is 0 Å². The van der Waals surface area contributed by atoms with Gasteiger partial charge in [0.1, 0.15) is 31.0 Å². The number of esters is 2. The molecule has 1 rings (SSSR count). The van der Waals surface area contributed by atoms with E-state index in [1.54, 1.807) is 6.92 Å². The Balaban J connectivity index is 2.42. The van der Waals surface area contributed by atoms with Gasteiger partial charge in [-0.25, -0.2) is 0 Å². The van der Waals surface area contributed by atoms with Gasteiger partial charge >= 0.3 is 11.9 Å². The van der Waals surface area contributed by atoms with Crippen molar-refractivity contribution in [1.29, 1.82) is 0 Å². The number of aliphatic hydroxyl groups excluding tert-OH is 4. The molecule has 0 bridgehead atoms. The van der Waals surface area contributed by atoms with E-state index in [1.165, 1.54) is 0 Å². The number of carbonyl (C=O) groups is 2. The Morgan fingerprint density at radius 2 is 1.57 bits per heavy atom. The lowest BCUT2D eigenvalue weighted by atomic mass is 9.99. The summed E-state index contributed by atoms with van der Waals surface area (Å²) < 4.78 is 21.2. The van der Waals surface area contributed by atoms with Crippen LogP contribution in [0.4, 0.5) is 0 Å². The summed E-state index contributed by atoms with van der Waals surface area (Å²) in [6, 6.07) is 0. The van der Waals surface area contributed by atoms with Crippen molar-refractivity contribution in [3.05, 3.63) is 12.2 Å². The van der Waals surface area contributed by atoms with Gasteiger partial charge in [-0.1, -0.05) is 51.7 Å². The highest BCUT2D eigenvalue weighted by Gasteiger charge is 2.44. The van der Waals surface area contributed by atoms with Crippen LogP contribution in [0.3, 0.4) is 0 Å². The van der Waals surface area contributed by atoms with Crippen LogP contribution < -0.4 is 0 Å². The van der Waals surface area contributed by atoms with Crippen LogP contribution in [-0.4, -0.2) is 89.0 Å². The van der Waals surface area contributed by atoms with E-state index < -0.39 is 55.4 Å². The third-order valence-electron chi connectivity index (χ3n) is 5.69. The monoisotopic (exact) mass is 504 g/mol. The maximum atomic E-state index is 12.3. The summed E-state index contributed by atoms with van der Waals surface area (Å²) >= 11 is 0. The SMILES string of the molecule is CCC/C=C\CCCCCCCC(=O)OC(COC(=O)CC)COC1OC(CO)C(O)C(O)C1O. The van der Waals surface area contributed by atoms with Gasteiger partial charge in [-0.3, -0.25) is 9.59 Å². The van der Waals surface area contributed by atoms with Gasteiger partial charge in [0.15, 0.2) is 12.4 Å². The van der Waals surface area contributed by atoms with Crippen molar-refractivity contribution < 1.29 is 49.0 Å². The number of allylic oxidation sites excluding steroid dienone is 2. The fraction of sp³-hybridized carbons (Fsp3) is 0.840. The maximum absolute atomic E-state index is 12.3. The fourth-order valence-electron chi connectivity index (χ4n) is 3.52. The molecule has 0 spiro atoms. The molecule has 0 saturated carbocycles. The van der Waals surface area contributed by atoms with E-state index in [2.05, 4.69) is 19.1 Å². The van der Waals surface area contributed by atoms with Gasteiger partial charge < -0.3 is 39.4 Å². The highest BCUT2D eigenvalue weighted by Crippen LogP contribution is 2.22. The van der Waals surface area contributed by atoms with Crippen molar-refractivity contribution in [3.63, 3.8) is 0 Å². The smallest absolute Gasteiger partial charge is 0.306 e. The average Bonchev–Trinajstić information content (AvgIpc) is 2.86. The van der Waals surface area contributed by atoms with Crippen LogP contribution in [-0.2, 0) is 28.5 Å². The summed E-state index contributed by atoms with van der Waals surface area (Å²) in [6.07, 6.45) is 4.91. The minimum atomic E-state index is -1.59. The first-order chi connectivity index (χ1) is 16.8. The minimum absolute atomic E-state index is 0.155. The molecule has 0 aromatic carbocycles. The molecule has 10 nitrogen and oxygen atoms in total. The molecule has 0 amide bonds. The van der Waals surface area contributed by atoms with E-state index in [0.29, 0.717) is 6.42 Å². The summed E-state index contributed by atoms with van der Waals surface area (Å²) in [7, 11) is 0. The zero-order valence-corrected chi connectivity index (χ0v) is 21.0. The molecule has 0 aromatic rings. The summed E-state index contributed by atoms with van der Waals surface area (Å²) in [5.41, 5.74) is 0. The Bertz CT molecular complexity index is 609. The minimum Gasteiger partial charge on any atom is -0.462 e. The molecule has 6 unspecified atom stereocenters. The molecule has 1 aliphatic heterocycles. The van der Waals surface area contributed by atoms with Crippen LogP contribution in [0.5, 0.6) is 0 Å². The van der Waals surface area contributed by atoms with Gasteiger partial charge in [0.05, 0.1) is 13.2 Å². The van der Waals surface area contributed by atoms with Crippen molar-refractivity contribution in [3.8, 4) is 0 Å². The van der Waals surface area contributed by atoms with Crippen LogP contribution in [0, 0.1) is 0 Å². The molecule has 1 aliphatic rings. The van der Waals surface area contributed by atoms with Crippen LogP contribution in [0.25, 0.3) is 0 Å². The van der Waals surface area contributed by atoms with E-state index in [0.717, 1.165) is 44.9 Å². The third-order valence-corrected chi connectivity index (χ3v) is 5.69. The zero-order valence-electron chi connectivity index (χ0n) is 21.0. The topological polar surface area (TPSA) is 152 Å². The van der Waals surface area contributed by atoms with Crippen molar-refractivity contribution in [2.75, 3.05) is 19.8 Å². The summed E-state index contributed by atoms with van der Waals surface area (Å²) in [4.78, 5) is 23.8. The first-order valence-corrected chi connectivity index (χ1v) is 12.8. The first kappa shape index (κ1) is 31.5. The van der Waals surface area contributed by atoms with Gasteiger partial charge in [-0.2, -0.15) is 0 Å². The second kappa shape index (κ2) is 18.7. The van der Waals surface area contributed by atoms with Crippen LogP contribution in [0.15, 0.2) is 12.2 Å². The molecule has 1 heterocycles. The molecule has 1 fully saturated rings. The van der Waals surface area contributed by atoms with Gasteiger partial charge in [0.2, 0.25) is 0 Å². The summed E-state index contributed by atoms with van der Waals surface area (Å²) in [5, 5.41) is 39.1. The van der Waals surface area contributed by atoms with Crippen LogP contribution in [0.1, 0.15) is 78.1 Å². The summed E-state index contributed by atoms with van der Waals surface area (Å²) in [5.74, 6) is -0.925. The van der Waals surface area contributed by atoms with Crippen molar-refractivity contribution in [2.45, 2.75) is 115 Å². The number of carbonyl (C=O) groups excluding carboxylic acids is 2. The highest BCUT2D eigenvalue weighted by atomic mass is 16.7. The Labute approximate surface area is 208 Å². The molecule has 0 radical (unpaired) electrons. The Kier molecular flexibility index (Phi) is 16.8. The summed E-state index contributed by atoms with van der Waals surface area (Å²) in [6.45, 7) is 2.68. The van der Waals surface area contributed by atoms with Gasteiger partial charge in [0.25, 0.3) is 0 Å². The number of rotatable bonds is 18. The molecule has 6 atom stereocenters. The molecule has 1 saturated heterocycles. The first-order valence-electron chi connectivity index (χ1n) is 12.8. The molecule has 0 aliphatic carbocycles. The molecular formula is C25H44O10. The van der Waals surface area contributed by atoms with Crippen molar-refractivity contribution >= 4 is 11.9 Å². The molecule has 10 heteroatoms. The lowest BCUT2D eigenvalue weighted by molar-refractivity contribution is -0.305. The largest absolute Gasteiger partial charge is 0.462 e. The highest BCUT2D eigenvalue weighted by molar-refractivity contribution is 5.70. The number of aliphatic hydroxyl groups is 4. The van der Waals surface area contributed by atoms with Crippen LogP contribution >= 0.6 is 0 Å². The van der Waals surface area contributed by atoms with E-state index >= 15 is 0 Å². The molecule has 35 heavy (non-hydrogen) atoms. The normalized spacial score (nSPS) is 25.5. The number of hydrogen-bond acceptors (Lipinski definition) is 10.